The Kier molecular flexibility index (Phi) is 3.25. The first kappa shape index (κ1) is 15.2. The van der Waals surface area contributed by atoms with Crippen molar-refractivity contribution in [1.82, 2.24) is 0 Å². The number of fused-ring (bicyclic) bond motifs is 2. The number of sulfone groups is 1. The van der Waals surface area contributed by atoms with Crippen molar-refractivity contribution < 1.29 is 36.6 Å². The molecule has 9 heteroatoms. The fourth-order valence-electron chi connectivity index (χ4n) is 2.04. The summed E-state index contributed by atoms with van der Waals surface area (Å²) in [5.41, 5.74) is 0. The zero-order valence-corrected chi connectivity index (χ0v) is 12.0. The Labute approximate surface area is 128 Å². The van der Waals surface area contributed by atoms with Gasteiger partial charge in [-0.2, -0.15) is 8.78 Å². The maximum atomic E-state index is 13.1. The summed E-state index contributed by atoms with van der Waals surface area (Å²) in [6.07, 6.45) is -4.44. The van der Waals surface area contributed by atoms with Crippen LogP contribution in [0.25, 0.3) is 0 Å². The monoisotopic (exact) mass is 342 g/mol. The van der Waals surface area contributed by atoms with Crippen molar-refractivity contribution in [2.45, 2.75) is 15.9 Å². The molecule has 1 heterocycles. The van der Waals surface area contributed by atoms with Gasteiger partial charge in [-0.05, 0) is 24.3 Å². The highest BCUT2D eigenvalue weighted by Crippen LogP contribution is 2.44. The Morgan fingerprint density at radius 2 is 1.74 bits per heavy atom. The number of alkyl halides is 2. The standard InChI is InChI=1S/C14H8F2O6S/c15-14(16,13(17)18)22-8-5-6-12-10(7-8)21-9-3-1-2-4-11(9)23(12,19)20/h1-7H,(H,17,18). The van der Waals surface area contributed by atoms with Crippen LogP contribution in [0.2, 0.25) is 0 Å². The molecule has 1 N–H and O–H groups in total. The van der Waals surface area contributed by atoms with Crippen molar-refractivity contribution in [1.29, 1.82) is 0 Å². The van der Waals surface area contributed by atoms with E-state index in [0.29, 0.717) is 0 Å². The maximum absolute atomic E-state index is 13.1. The number of benzene rings is 2. The molecule has 120 valence electrons. The quantitative estimate of drug-likeness (QED) is 0.787. The van der Waals surface area contributed by atoms with E-state index < -0.39 is 27.7 Å². The molecule has 0 amide bonds. The number of rotatable bonds is 3. The SMILES string of the molecule is O=C(O)C(F)(F)Oc1ccc2c(c1)Oc1ccccc1S2(=O)=O. The fourth-order valence-corrected chi connectivity index (χ4v) is 3.52. The first-order valence-corrected chi connectivity index (χ1v) is 7.66. The molecule has 0 saturated carbocycles. The van der Waals surface area contributed by atoms with Crippen molar-refractivity contribution in [2.24, 2.45) is 0 Å². The molecule has 3 rings (SSSR count). The van der Waals surface area contributed by atoms with Crippen molar-refractivity contribution in [3.05, 3.63) is 42.5 Å². The van der Waals surface area contributed by atoms with E-state index in [4.69, 9.17) is 9.84 Å². The second-order valence-electron chi connectivity index (χ2n) is 4.58. The molecule has 1 aliphatic rings. The smallest absolute Gasteiger partial charge is 0.474 e. The first-order chi connectivity index (χ1) is 10.7. The largest absolute Gasteiger partial charge is 0.501 e. The second kappa shape index (κ2) is 4.92. The van der Waals surface area contributed by atoms with Crippen molar-refractivity contribution in [2.75, 3.05) is 0 Å². The molecule has 2 aromatic rings. The normalized spacial score (nSPS) is 15.0. The Morgan fingerprint density at radius 1 is 1.09 bits per heavy atom. The minimum absolute atomic E-state index is 0.0437. The Morgan fingerprint density at radius 3 is 2.43 bits per heavy atom. The average molecular weight is 342 g/mol. The number of carbonyl (C=O) groups is 1. The van der Waals surface area contributed by atoms with Gasteiger partial charge < -0.3 is 14.6 Å². The van der Waals surface area contributed by atoms with Crippen LogP contribution >= 0.6 is 0 Å². The van der Waals surface area contributed by atoms with Gasteiger partial charge in [0.25, 0.3) is 0 Å². The van der Waals surface area contributed by atoms with Gasteiger partial charge in [-0.1, -0.05) is 12.1 Å². The molecule has 0 saturated heterocycles. The molecule has 23 heavy (non-hydrogen) atoms. The number of hydrogen-bond acceptors (Lipinski definition) is 5. The first-order valence-electron chi connectivity index (χ1n) is 6.18. The third-order valence-electron chi connectivity index (χ3n) is 3.06. The summed E-state index contributed by atoms with van der Waals surface area (Å²) in [5, 5.41) is 8.35. The predicted molar refractivity (Wildman–Crippen MR) is 71.6 cm³/mol. The van der Waals surface area contributed by atoms with E-state index in [1.807, 2.05) is 0 Å². The molecule has 0 spiro atoms. The molecule has 0 fully saturated rings. The third-order valence-corrected chi connectivity index (χ3v) is 4.89. The van der Waals surface area contributed by atoms with Gasteiger partial charge in [0.05, 0.1) is 0 Å². The zero-order valence-electron chi connectivity index (χ0n) is 11.2. The van der Waals surface area contributed by atoms with Gasteiger partial charge in [-0.15, -0.1) is 0 Å². The number of carboxylic acid groups (broad SMARTS) is 1. The molecule has 2 aromatic carbocycles. The minimum atomic E-state index is -4.44. The van der Waals surface area contributed by atoms with Gasteiger partial charge in [0, 0.05) is 6.07 Å². The van der Waals surface area contributed by atoms with E-state index in [2.05, 4.69) is 4.74 Å². The number of halogens is 2. The van der Waals surface area contributed by atoms with E-state index in [0.717, 1.165) is 18.2 Å². The van der Waals surface area contributed by atoms with Gasteiger partial charge in [0.15, 0.2) is 0 Å². The number of para-hydroxylation sites is 1. The van der Waals surface area contributed by atoms with Gasteiger partial charge in [-0.25, -0.2) is 13.2 Å². The maximum Gasteiger partial charge on any atom is 0.501 e. The molecular formula is C14H8F2O6S. The molecule has 1 aliphatic heterocycles. The lowest BCUT2D eigenvalue weighted by Gasteiger charge is -2.21. The summed E-state index contributed by atoms with van der Waals surface area (Å²) in [6.45, 7) is 0. The molecule has 0 atom stereocenters. The van der Waals surface area contributed by atoms with Crippen LogP contribution in [-0.2, 0) is 14.6 Å². The summed E-state index contributed by atoms with van der Waals surface area (Å²) in [4.78, 5) is 10.1. The molecular weight excluding hydrogens is 334 g/mol. The van der Waals surface area contributed by atoms with E-state index in [1.54, 1.807) is 6.07 Å². The van der Waals surface area contributed by atoms with Crippen molar-refractivity contribution in [3.63, 3.8) is 0 Å². The highest BCUT2D eigenvalue weighted by molar-refractivity contribution is 7.91. The second-order valence-corrected chi connectivity index (χ2v) is 6.47. The highest BCUT2D eigenvalue weighted by Gasteiger charge is 2.43. The van der Waals surface area contributed by atoms with Crippen molar-refractivity contribution >= 4 is 15.8 Å². The molecule has 0 unspecified atom stereocenters. The van der Waals surface area contributed by atoms with Crippen LogP contribution in [0.4, 0.5) is 8.78 Å². The lowest BCUT2D eigenvalue weighted by atomic mass is 10.3. The molecule has 0 aliphatic carbocycles. The summed E-state index contributed by atoms with van der Waals surface area (Å²) >= 11 is 0. The third kappa shape index (κ3) is 2.48. The Hall–Kier alpha value is -2.68. The Balaban J connectivity index is 2.05. The van der Waals surface area contributed by atoms with Crippen molar-refractivity contribution in [3.8, 4) is 17.2 Å². The van der Waals surface area contributed by atoms with Crippen LogP contribution in [0, 0.1) is 0 Å². The average Bonchev–Trinajstić information content (AvgIpc) is 2.46. The van der Waals surface area contributed by atoms with Gasteiger partial charge in [-0.3, -0.25) is 0 Å². The van der Waals surface area contributed by atoms with E-state index >= 15 is 0 Å². The fraction of sp³-hybridized carbons (Fsp3) is 0.0714. The van der Waals surface area contributed by atoms with Crippen LogP contribution in [0.15, 0.2) is 52.3 Å². The van der Waals surface area contributed by atoms with Crippen LogP contribution < -0.4 is 9.47 Å². The van der Waals surface area contributed by atoms with Gasteiger partial charge in [0.1, 0.15) is 27.0 Å². The zero-order chi connectivity index (χ0) is 16.8. The van der Waals surface area contributed by atoms with Crippen LogP contribution in [-0.4, -0.2) is 25.6 Å². The summed E-state index contributed by atoms with van der Waals surface area (Å²) < 4.78 is 60.5. The molecule has 6 nitrogen and oxygen atoms in total. The minimum Gasteiger partial charge on any atom is -0.474 e. The lowest BCUT2D eigenvalue weighted by molar-refractivity contribution is -0.210. The van der Waals surface area contributed by atoms with Crippen LogP contribution in [0.5, 0.6) is 17.2 Å². The van der Waals surface area contributed by atoms with Gasteiger partial charge >= 0.3 is 12.1 Å². The van der Waals surface area contributed by atoms with E-state index in [-0.39, 0.29) is 21.3 Å². The topological polar surface area (TPSA) is 89.9 Å². The van der Waals surface area contributed by atoms with Crippen LogP contribution in [0.1, 0.15) is 0 Å². The summed E-state index contributed by atoms with van der Waals surface area (Å²) in [5.74, 6) is -3.18. The molecule has 0 aromatic heterocycles. The summed E-state index contributed by atoms with van der Waals surface area (Å²) in [6, 6.07) is 8.71. The number of ether oxygens (including phenoxy) is 2. The van der Waals surface area contributed by atoms with Crippen LogP contribution in [0.3, 0.4) is 0 Å². The summed E-state index contributed by atoms with van der Waals surface area (Å²) in [7, 11) is -3.86. The number of carboxylic acids is 1. The van der Waals surface area contributed by atoms with E-state index in [1.165, 1.54) is 18.2 Å². The predicted octanol–water partition coefficient (Wildman–Crippen LogP) is 2.68. The van der Waals surface area contributed by atoms with Gasteiger partial charge in [0.2, 0.25) is 9.84 Å². The Bertz CT molecular complexity index is 907. The number of aliphatic carboxylic acids is 1. The lowest BCUT2D eigenvalue weighted by Crippen LogP contribution is -2.34. The highest BCUT2D eigenvalue weighted by atomic mass is 32.2. The van der Waals surface area contributed by atoms with E-state index in [9.17, 15) is 22.0 Å². The number of hydrogen-bond donors (Lipinski definition) is 1. The molecule has 0 radical (unpaired) electrons. The molecule has 0 bridgehead atoms.